The van der Waals surface area contributed by atoms with Crippen LogP contribution in [0.4, 0.5) is 4.39 Å². The van der Waals surface area contributed by atoms with Gasteiger partial charge in [-0.15, -0.1) is 0 Å². The van der Waals surface area contributed by atoms with Crippen molar-refractivity contribution in [2.75, 3.05) is 7.11 Å². The van der Waals surface area contributed by atoms with Crippen molar-refractivity contribution < 1.29 is 9.13 Å². The molecule has 5 nitrogen and oxygen atoms in total. The van der Waals surface area contributed by atoms with Gasteiger partial charge in [0.1, 0.15) is 11.6 Å². The minimum atomic E-state index is -0.271. The Labute approximate surface area is 131 Å². The number of fused-ring (bicyclic) bond motifs is 1. The number of rotatable bonds is 5. The average molecular weight is 320 g/mol. The Hall–Kier alpha value is -1.99. The second-order valence-corrected chi connectivity index (χ2v) is 5.73. The van der Waals surface area contributed by atoms with Gasteiger partial charge >= 0.3 is 0 Å². The molecule has 7 heteroatoms. The zero-order chi connectivity index (χ0) is 15.7. The van der Waals surface area contributed by atoms with E-state index >= 15 is 0 Å². The number of aromatic nitrogens is 3. The van der Waals surface area contributed by atoms with Crippen molar-refractivity contribution in [3.63, 3.8) is 0 Å². The Balaban J connectivity index is 1.78. The molecule has 0 saturated heterocycles. The summed E-state index contributed by atoms with van der Waals surface area (Å²) >= 11 is 1.37. The molecule has 0 radical (unpaired) electrons. The standard InChI is InChI=1S/C15H17FN4OS/c1-9(11-8-22-19-15(11)21-3)17-7-14-18-12-6-10(16)4-5-13(12)20(14)2/h4-6,8-9,17H,7H2,1-3H3. The normalized spacial score (nSPS) is 12.7. The lowest BCUT2D eigenvalue weighted by Crippen LogP contribution is -2.20. The number of hydrogen-bond acceptors (Lipinski definition) is 5. The highest BCUT2D eigenvalue weighted by atomic mass is 32.1. The van der Waals surface area contributed by atoms with Crippen LogP contribution in [0, 0.1) is 5.82 Å². The van der Waals surface area contributed by atoms with Crippen LogP contribution >= 0.6 is 11.5 Å². The highest BCUT2D eigenvalue weighted by Crippen LogP contribution is 2.25. The van der Waals surface area contributed by atoms with Gasteiger partial charge < -0.3 is 14.6 Å². The number of hydrogen-bond donors (Lipinski definition) is 1. The lowest BCUT2D eigenvalue weighted by atomic mass is 10.2. The molecule has 1 atom stereocenters. The molecule has 3 rings (SSSR count). The molecule has 116 valence electrons. The van der Waals surface area contributed by atoms with Crippen LogP contribution in [-0.2, 0) is 13.6 Å². The third kappa shape index (κ3) is 2.69. The lowest BCUT2D eigenvalue weighted by molar-refractivity contribution is 0.389. The molecule has 2 heterocycles. The molecule has 0 aliphatic heterocycles. The molecule has 1 N–H and O–H groups in total. The van der Waals surface area contributed by atoms with Gasteiger partial charge in [0.2, 0.25) is 5.88 Å². The number of benzene rings is 1. The third-order valence-corrected chi connectivity index (χ3v) is 4.35. The summed E-state index contributed by atoms with van der Waals surface area (Å²) < 4.78 is 24.7. The molecule has 0 aliphatic carbocycles. The van der Waals surface area contributed by atoms with Crippen LogP contribution in [-0.4, -0.2) is 21.0 Å². The smallest absolute Gasteiger partial charge is 0.229 e. The number of imidazole rings is 1. The first-order valence-corrected chi connectivity index (χ1v) is 7.76. The first kappa shape index (κ1) is 14.9. The van der Waals surface area contributed by atoms with E-state index in [0.717, 1.165) is 16.9 Å². The summed E-state index contributed by atoms with van der Waals surface area (Å²) in [5.41, 5.74) is 2.61. The predicted molar refractivity (Wildman–Crippen MR) is 84.6 cm³/mol. The van der Waals surface area contributed by atoms with E-state index in [9.17, 15) is 4.39 Å². The monoisotopic (exact) mass is 320 g/mol. The summed E-state index contributed by atoms with van der Waals surface area (Å²) in [4.78, 5) is 4.49. The van der Waals surface area contributed by atoms with Crippen LogP contribution in [0.5, 0.6) is 5.88 Å². The quantitative estimate of drug-likeness (QED) is 0.785. The van der Waals surface area contributed by atoms with Gasteiger partial charge in [0.05, 0.1) is 24.7 Å². The van der Waals surface area contributed by atoms with E-state index in [4.69, 9.17) is 4.74 Å². The molecule has 2 aromatic heterocycles. The first-order chi connectivity index (χ1) is 10.6. The van der Waals surface area contributed by atoms with Gasteiger partial charge in [0, 0.05) is 30.1 Å². The Morgan fingerprint density at radius 2 is 2.27 bits per heavy atom. The largest absolute Gasteiger partial charge is 0.480 e. The number of ether oxygens (including phenoxy) is 1. The van der Waals surface area contributed by atoms with Crippen LogP contribution in [0.25, 0.3) is 11.0 Å². The highest BCUT2D eigenvalue weighted by molar-refractivity contribution is 7.03. The molecule has 0 fully saturated rings. The van der Waals surface area contributed by atoms with Crippen LogP contribution in [0.2, 0.25) is 0 Å². The Kier molecular flexibility index (Phi) is 4.08. The van der Waals surface area contributed by atoms with E-state index in [-0.39, 0.29) is 11.9 Å². The van der Waals surface area contributed by atoms with Crippen molar-refractivity contribution in [1.29, 1.82) is 0 Å². The summed E-state index contributed by atoms with van der Waals surface area (Å²) in [5.74, 6) is 1.24. The Bertz CT molecular complexity index is 798. The fourth-order valence-corrected chi connectivity index (χ4v) is 3.16. The predicted octanol–water partition coefficient (Wildman–Crippen LogP) is 3.03. The maximum atomic E-state index is 13.3. The summed E-state index contributed by atoms with van der Waals surface area (Å²) in [7, 11) is 3.55. The molecule has 0 aliphatic rings. The van der Waals surface area contributed by atoms with E-state index in [1.807, 2.05) is 17.0 Å². The highest BCUT2D eigenvalue weighted by Gasteiger charge is 2.15. The minimum absolute atomic E-state index is 0.0882. The summed E-state index contributed by atoms with van der Waals surface area (Å²) in [6, 6.07) is 4.74. The Morgan fingerprint density at radius 1 is 1.45 bits per heavy atom. The van der Waals surface area contributed by atoms with Crippen LogP contribution < -0.4 is 10.1 Å². The van der Waals surface area contributed by atoms with Crippen molar-refractivity contribution in [3.8, 4) is 5.88 Å². The molecule has 22 heavy (non-hydrogen) atoms. The summed E-state index contributed by atoms with van der Waals surface area (Å²) in [5, 5.41) is 5.38. The SMILES string of the molecule is COc1nscc1C(C)NCc1nc2cc(F)ccc2n1C. The van der Waals surface area contributed by atoms with Crippen molar-refractivity contribution in [2.45, 2.75) is 19.5 Å². The zero-order valence-electron chi connectivity index (χ0n) is 12.6. The van der Waals surface area contributed by atoms with E-state index in [1.165, 1.54) is 23.7 Å². The average Bonchev–Trinajstić information content (AvgIpc) is 3.09. The van der Waals surface area contributed by atoms with Crippen molar-refractivity contribution in [1.82, 2.24) is 19.2 Å². The molecular weight excluding hydrogens is 303 g/mol. The molecule has 3 aromatic rings. The molecule has 0 spiro atoms. The van der Waals surface area contributed by atoms with Crippen molar-refractivity contribution >= 4 is 22.6 Å². The minimum Gasteiger partial charge on any atom is -0.480 e. The topological polar surface area (TPSA) is 52.0 Å². The molecule has 0 bridgehead atoms. The van der Waals surface area contributed by atoms with Crippen molar-refractivity contribution in [3.05, 3.63) is 40.8 Å². The van der Waals surface area contributed by atoms with Gasteiger partial charge in [-0.1, -0.05) is 0 Å². The second kappa shape index (κ2) is 6.02. The summed E-state index contributed by atoms with van der Waals surface area (Å²) in [6.07, 6.45) is 0. The van der Waals surface area contributed by atoms with E-state index in [1.54, 1.807) is 13.2 Å². The van der Waals surface area contributed by atoms with Crippen LogP contribution in [0.1, 0.15) is 24.4 Å². The third-order valence-electron chi connectivity index (χ3n) is 3.72. The van der Waals surface area contributed by atoms with E-state index in [0.29, 0.717) is 17.9 Å². The number of aryl methyl sites for hydroxylation is 1. The van der Waals surface area contributed by atoms with Gasteiger partial charge in [-0.05, 0) is 30.6 Å². The molecular formula is C15H17FN4OS. The number of halogens is 1. The van der Waals surface area contributed by atoms with Gasteiger partial charge in [-0.2, -0.15) is 4.37 Å². The van der Waals surface area contributed by atoms with Crippen molar-refractivity contribution in [2.24, 2.45) is 7.05 Å². The second-order valence-electron chi connectivity index (χ2n) is 5.10. The molecule has 0 saturated carbocycles. The Morgan fingerprint density at radius 3 is 3.05 bits per heavy atom. The van der Waals surface area contributed by atoms with Crippen LogP contribution in [0.15, 0.2) is 23.6 Å². The zero-order valence-corrected chi connectivity index (χ0v) is 13.4. The number of nitrogens with one attached hydrogen (secondary N) is 1. The molecule has 1 aromatic carbocycles. The van der Waals surface area contributed by atoms with Gasteiger partial charge in [-0.3, -0.25) is 0 Å². The van der Waals surface area contributed by atoms with E-state index < -0.39 is 0 Å². The van der Waals surface area contributed by atoms with Gasteiger partial charge in [0.25, 0.3) is 0 Å². The fraction of sp³-hybridized carbons (Fsp3) is 0.333. The fourth-order valence-electron chi connectivity index (χ4n) is 2.41. The van der Waals surface area contributed by atoms with E-state index in [2.05, 4.69) is 21.6 Å². The molecule has 1 unspecified atom stereocenters. The first-order valence-electron chi connectivity index (χ1n) is 6.92. The maximum absolute atomic E-state index is 13.3. The number of nitrogens with zero attached hydrogens (tertiary/aromatic N) is 3. The summed E-state index contributed by atoms with van der Waals surface area (Å²) in [6.45, 7) is 2.63. The maximum Gasteiger partial charge on any atom is 0.229 e. The number of methoxy groups -OCH3 is 1. The van der Waals surface area contributed by atoms with Gasteiger partial charge in [-0.25, -0.2) is 9.37 Å². The lowest BCUT2D eigenvalue weighted by Gasteiger charge is -2.13. The van der Waals surface area contributed by atoms with Gasteiger partial charge in [0.15, 0.2) is 0 Å². The van der Waals surface area contributed by atoms with Crippen LogP contribution in [0.3, 0.4) is 0 Å². The molecule has 0 amide bonds.